The molecule has 0 saturated heterocycles. The van der Waals surface area contributed by atoms with E-state index in [2.05, 4.69) is 5.32 Å². The molecule has 4 rings (SSSR count). The van der Waals surface area contributed by atoms with Crippen molar-refractivity contribution in [2.24, 2.45) is 0 Å². The number of halogens is 2. The highest BCUT2D eigenvalue weighted by atomic mass is 35.5. The summed E-state index contributed by atoms with van der Waals surface area (Å²) in [6, 6.07) is 24.7. The number of carbonyl (C=O) groups is 2. The molecule has 0 radical (unpaired) electrons. The highest BCUT2D eigenvalue weighted by Crippen LogP contribution is 2.35. The van der Waals surface area contributed by atoms with Crippen molar-refractivity contribution in [1.82, 2.24) is 10.2 Å². The number of rotatable bonds is 14. The summed E-state index contributed by atoms with van der Waals surface area (Å²) in [5.74, 6) is -1.57. The number of amides is 2. The molecule has 8 nitrogen and oxygen atoms in total. The number of benzene rings is 4. The molecular formula is C35H37ClFN3O5S. The maximum atomic E-state index is 15.0. The van der Waals surface area contributed by atoms with Crippen LogP contribution in [0.4, 0.5) is 10.1 Å². The van der Waals surface area contributed by atoms with Gasteiger partial charge >= 0.3 is 0 Å². The van der Waals surface area contributed by atoms with E-state index in [1.54, 1.807) is 24.3 Å². The van der Waals surface area contributed by atoms with Crippen molar-refractivity contribution in [3.63, 3.8) is 0 Å². The van der Waals surface area contributed by atoms with Crippen LogP contribution in [-0.2, 0) is 32.6 Å². The predicted octanol–water partition coefficient (Wildman–Crippen LogP) is 6.16. The van der Waals surface area contributed by atoms with Crippen LogP contribution in [-0.4, -0.2) is 51.4 Å². The number of nitrogens with one attached hydrogen (secondary N) is 1. The minimum Gasteiger partial charge on any atom is -0.495 e. The van der Waals surface area contributed by atoms with Gasteiger partial charge in [0.15, 0.2) is 0 Å². The third-order valence-corrected chi connectivity index (χ3v) is 9.43. The Balaban J connectivity index is 1.85. The Bertz CT molecular complexity index is 1750. The summed E-state index contributed by atoms with van der Waals surface area (Å²) >= 11 is 6.32. The fraction of sp³-hybridized carbons (Fsp3) is 0.257. The monoisotopic (exact) mass is 665 g/mol. The molecule has 0 bridgehead atoms. The summed E-state index contributed by atoms with van der Waals surface area (Å²) < 4.78 is 49.9. The van der Waals surface area contributed by atoms with Gasteiger partial charge in [-0.1, -0.05) is 84.8 Å². The van der Waals surface area contributed by atoms with Crippen LogP contribution in [0.5, 0.6) is 5.75 Å². The summed E-state index contributed by atoms with van der Waals surface area (Å²) in [7, 11) is -3.00. The Morgan fingerprint density at radius 3 is 2.28 bits per heavy atom. The Kier molecular flexibility index (Phi) is 11.8. The molecule has 1 atom stereocenters. The maximum absolute atomic E-state index is 15.0. The summed E-state index contributed by atoms with van der Waals surface area (Å²) in [6.45, 7) is 3.08. The zero-order valence-corrected chi connectivity index (χ0v) is 27.5. The zero-order valence-electron chi connectivity index (χ0n) is 26.0. The molecule has 0 aromatic heterocycles. The smallest absolute Gasteiger partial charge is 0.264 e. The van der Waals surface area contributed by atoms with E-state index in [4.69, 9.17) is 16.3 Å². The molecule has 4 aromatic rings. The normalized spacial score (nSPS) is 11.8. The van der Waals surface area contributed by atoms with Crippen LogP contribution in [0.2, 0.25) is 5.02 Å². The summed E-state index contributed by atoms with van der Waals surface area (Å²) in [5.41, 5.74) is 1.82. The number of carbonyl (C=O) groups excluding carboxylic acids is 2. The summed E-state index contributed by atoms with van der Waals surface area (Å²) in [4.78, 5) is 29.4. The number of aryl methyl sites for hydroxylation is 1. The molecule has 4 aromatic carbocycles. The van der Waals surface area contributed by atoms with Gasteiger partial charge in [-0.25, -0.2) is 12.8 Å². The van der Waals surface area contributed by atoms with Gasteiger partial charge in [-0.15, -0.1) is 0 Å². The fourth-order valence-electron chi connectivity index (χ4n) is 4.94. The lowest BCUT2D eigenvalue weighted by Gasteiger charge is -2.34. The van der Waals surface area contributed by atoms with E-state index in [9.17, 15) is 18.0 Å². The Hall–Kier alpha value is -4.41. The third kappa shape index (κ3) is 8.44. The molecule has 0 aliphatic rings. The van der Waals surface area contributed by atoms with E-state index < -0.39 is 40.2 Å². The number of ether oxygens (including phenoxy) is 1. The number of hydrogen-bond acceptors (Lipinski definition) is 5. The van der Waals surface area contributed by atoms with Gasteiger partial charge in [-0.05, 0) is 55.3 Å². The van der Waals surface area contributed by atoms with E-state index in [0.29, 0.717) is 13.0 Å². The fourth-order valence-corrected chi connectivity index (χ4v) is 6.52. The zero-order chi connectivity index (χ0) is 33.3. The minimum absolute atomic E-state index is 0.0322. The molecule has 11 heteroatoms. The first-order chi connectivity index (χ1) is 22.0. The molecule has 0 aliphatic heterocycles. The number of methoxy groups -OCH3 is 1. The summed E-state index contributed by atoms with van der Waals surface area (Å²) in [5, 5.41) is 3.08. The lowest BCUT2D eigenvalue weighted by atomic mass is 10.0. The molecule has 0 spiro atoms. The number of hydrogen-bond donors (Lipinski definition) is 1. The first-order valence-electron chi connectivity index (χ1n) is 14.8. The number of sulfonamides is 1. The van der Waals surface area contributed by atoms with Crippen LogP contribution in [0.1, 0.15) is 30.0 Å². The topological polar surface area (TPSA) is 96.0 Å². The summed E-state index contributed by atoms with van der Waals surface area (Å²) in [6.07, 6.45) is 0.768. The predicted molar refractivity (Wildman–Crippen MR) is 178 cm³/mol. The third-order valence-electron chi connectivity index (χ3n) is 7.42. The van der Waals surface area contributed by atoms with E-state index in [1.165, 1.54) is 54.5 Å². The van der Waals surface area contributed by atoms with Gasteiger partial charge in [-0.2, -0.15) is 0 Å². The van der Waals surface area contributed by atoms with Crippen molar-refractivity contribution in [3.8, 4) is 5.75 Å². The lowest BCUT2D eigenvalue weighted by molar-refractivity contribution is -0.140. The van der Waals surface area contributed by atoms with Gasteiger partial charge in [0.1, 0.15) is 24.2 Å². The van der Waals surface area contributed by atoms with E-state index in [1.807, 2.05) is 44.2 Å². The van der Waals surface area contributed by atoms with Gasteiger partial charge in [0.05, 0.1) is 17.7 Å². The average Bonchev–Trinajstić information content (AvgIpc) is 3.05. The van der Waals surface area contributed by atoms with Crippen molar-refractivity contribution >= 4 is 39.1 Å². The second-order valence-corrected chi connectivity index (χ2v) is 13.0. The van der Waals surface area contributed by atoms with Crippen molar-refractivity contribution in [1.29, 1.82) is 0 Å². The first-order valence-corrected chi connectivity index (χ1v) is 16.6. The molecule has 1 N–H and O–H groups in total. The second-order valence-electron chi connectivity index (χ2n) is 10.8. The van der Waals surface area contributed by atoms with Crippen LogP contribution in [0.3, 0.4) is 0 Å². The van der Waals surface area contributed by atoms with Gasteiger partial charge in [0.25, 0.3) is 10.0 Å². The number of anilines is 1. The van der Waals surface area contributed by atoms with Crippen LogP contribution in [0.15, 0.2) is 102 Å². The Morgan fingerprint density at radius 1 is 0.957 bits per heavy atom. The van der Waals surface area contributed by atoms with Gasteiger partial charge in [0.2, 0.25) is 11.8 Å². The molecule has 242 valence electrons. The molecule has 1 unspecified atom stereocenters. The molecule has 46 heavy (non-hydrogen) atoms. The van der Waals surface area contributed by atoms with Crippen LogP contribution in [0.25, 0.3) is 0 Å². The van der Waals surface area contributed by atoms with E-state index in [-0.39, 0.29) is 39.9 Å². The first kappa shape index (κ1) is 34.5. The van der Waals surface area contributed by atoms with Crippen molar-refractivity contribution in [2.45, 2.75) is 44.2 Å². The highest BCUT2D eigenvalue weighted by Gasteiger charge is 2.36. The van der Waals surface area contributed by atoms with E-state index in [0.717, 1.165) is 15.4 Å². The Morgan fingerprint density at radius 2 is 1.63 bits per heavy atom. The van der Waals surface area contributed by atoms with Crippen LogP contribution >= 0.6 is 11.6 Å². The van der Waals surface area contributed by atoms with E-state index >= 15 is 4.39 Å². The molecule has 0 saturated carbocycles. The molecule has 2 amide bonds. The SMILES string of the molecule is CCCNC(=O)C(Cc1ccccc1)N(Cc1ccccc1F)C(=O)CN(c1cc(Cl)ccc1OC)S(=O)(=O)c1ccc(C)cc1. The minimum atomic E-state index is -4.38. The maximum Gasteiger partial charge on any atom is 0.264 e. The second kappa shape index (κ2) is 15.7. The highest BCUT2D eigenvalue weighted by molar-refractivity contribution is 7.92. The molecule has 0 aliphatic carbocycles. The van der Waals surface area contributed by atoms with Crippen molar-refractivity contribution < 1.29 is 27.1 Å². The Labute approximate surface area is 274 Å². The standard InChI is InChI=1S/C35H37ClFN3O5S/c1-4-20-38-35(42)32(21-26-10-6-5-7-11-26)39(23-27-12-8-9-13-30(27)37)34(41)24-40(31-22-28(36)16-19-33(31)45-3)46(43,44)29-17-14-25(2)15-18-29/h5-19,22,32H,4,20-21,23-24H2,1-3H3,(H,38,42). The largest absolute Gasteiger partial charge is 0.495 e. The van der Waals surface area contributed by atoms with Crippen molar-refractivity contribution in [2.75, 3.05) is 24.5 Å². The number of nitrogens with zero attached hydrogens (tertiary/aromatic N) is 2. The molecular weight excluding hydrogens is 629 g/mol. The lowest BCUT2D eigenvalue weighted by Crippen LogP contribution is -2.53. The molecule has 0 fully saturated rings. The van der Waals surface area contributed by atoms with Gasteiger partial charge in [0, 0.05) is 30.1 Å². The van der Waals surface area contributed by atoms with Crippen LogP contribution < -0.4 is 14.4 Å². The van der Waals surface area contributed by atoms with Crippen molar-refractivity contribution in [3.05, 3.63) is 125 Å². The quantitative estimate of drug-likeness (QED) is 0.174. The molecule has 0 heterocycles. The van der Waals surface area contributed by atoms with Gasteiger partial charge in [-0.3, -0.25) is 13.9 Å². The van der Waals surface area contributed by atoms with Gasteiger partial charge < -0.3 is 15.0 Å². The van der Waals surface area contributed by atoms with Crippen LogP contribution in [0, 0.1) is 12.7 Å². The average molecular weight is 666 g/mol.